The first-order chi connectivity index (χ1) is 10.8. The number of nitrogens with zero attached hydrogens (tertiary/aromatic N) is 2. The van der Waals surface area contributed by atoms with Crippen LogP contribution in [-0.4, -0.2) is 39.4 Å². The van der Waals surface area contributed by atoms with E-state index < -0.39 is 0 Å². The first-order valence-corrected chi connectivity index (χ1v) is 8.22. The lowest BCUT2D eigenvalue weighted by Gasteiger charge is -2.21. The predicted molar refractivity (Wildman–Crippen MR) is 88.5 cm³/mol. The molecule has 0 bridgehead atoms. The average molecular weight is 299 g/mol. The number of aryl methyl sites for hydroxylation is 1. The van der Waals surface area contributed by atoms with E-state index in [1.54, 1.807) is 0 Å². The van der Waals surface area contributed by atoms with Crippen LogP contribution < -0.4 is 0 Å². The van der Waals surface area contributed by atoms with Gasteiger partial charge in [0.25, 0.3) is 0 Å². The molecule has 4 heteroatoms. The van der Waals surface area contributed by atoms with Gasteiger partial charge in [0.2, 0.25) is 0 Å². The van der Waals surface area contributed by atoms with E-state index in [0.717, 1.165) is 37.7 Å². The number of benzene rings is 1. The van der Waals surface area contributed by atoms with Crippen molar-refractivity contribution in [2.45, 2.75) is 45.2 Å². The zero-order valence-electron chi connectivity index (χ0n) is 13.3. The fourth-order valence-electron chi connectivity index (χ4n) is 2.96. The molecule has 2 aromatic rings. The minimum atomic E-state index is 0.290. The molecule has 3 rings (SSSR count). The van der Waals surface area contributed by atoms with Gasteiger partial charge in [0, 0.05) is 30.3 Å². The number of unbranched alkanes of at least 4 members (excludes halogenated alkanes) is 1. The summed E-state index contributed by atoms with van der Waals surface area (Å²) in [7, 11) is 0. The van der Waals surface area contributed by atoms with Crippen molar-refractivity contribution in [2.75, 3.05) is 13.2 Å². The van der Waals surface area contributed by atoms with Gasteiger partial charge in [0.1, 0.15) is 0 Å². The third-order valence-corrected chi connectivity index (χ3v) is 4.31. The molecule has 22 heavy (non-hydrogen) atoms. The number of rotatable bonds is 8. The Morgan fingerprint density at radius 2 is 2.18 bits per heavy atom. The zero-order chi connectivity index (χ0) is 15.4. The van der Waals surface area contributed by atoms with Gasteiger partial charge in [-0.25, -0.2) is 0 Å². The number of hydrogen-bond acceptors (Lipinski definition) is 3. The van der Waals surface area contributed by atoms with E-state index in [0.29, 0.717) is 6.61 Å². The van der Waals surface area contributed by atoms with Gasteiger partial charge < -0.3 is 5.11 Å². The number of H-pyrrole nitrogens is 1. The van der Waals surface area contributed by atoms with Crippen LogP contribution in [0.4, 0.5) is 0 Å². The highest BCUT2D eigenvalue weighted by molar-refractivity contribution is 5.63. The Morgan fingerprint density at radius 3 is 2.91 bits per heavy atom. The maximum Gasteiger partial charge on any atom is 0.0695 e. The molecular weight excluding hydrogens is 274 g/mol. The van der Waals surface area contributed by atoms with Crippen molar-refractivity contribution in [1.29, 1.82) is 0 Å². The van der Waals surface area contributed by atoms with Gasteiger partial charge in [0.05, 0.1) is 11.9 Å². The molecule has 0 amide bonds. The van der Waals surface area contributed by atoms with Gasteiger partial charge in [-0.15, -0.1) is 0 Å². The quantitative estimate of drug-likeness (QED) is 0.736. The van der Waals surface area contributed by atoms with Crippen LogP contribution in [0.2, 0.25) is 0 Å². The third-order valence-electron chi connectivity index (χ3n) is 4.31. The largest absolute Gasteiger partial charge is 0.396 e. The summed E-state index contributed by atoms with van der Waals surface area (Å²) in [6.45, 7) is 4.41. The number of aliphatic hydroxyl groups is 1. The Labute approximate surface area is 132 Å². The molecule has 0 aliphatic heterocycles. The maximum absolute atomic E-state index is 8.98. The maximum atomic E-state index is 8.98. The molecule has 1 heterocycles. The van der Waals surface area contributed by atoms with E-state index in [-0.39, 0.29) is 0 Å². The molecule has 1 aliphatic carbocycles. The second kappa shape index (κ2) is 7.07. The van der Waals surface area contributed by atoms with E-state index in [9.17, 15) is 0 Å². The number of hydrogen-bond donors (Lipinski definition) is 2. The smallest absolute Gasteiger partial charge is 0.0695 e. The molecule has 0 spiro atoms. The number of nitrogens with one attached hydrogen (secondary N) is 1. The minimum absolute atomic E-state index is 0.290. The summed E-state index contributed by atoms with van der Waals surface area (Å²) in [5.41, 5.74) is 4.87. The second-order valence-electron chi connectivity index (χ2n) is 6.27. The zero-order valence-corrected chi connectivity index (χ0v) is 13.3. The Balaban J connectivity index is 1.73. The molecule has 0 atom stereocenters. The van der Waals surface area contributed by atoms with Crippen LogP contribution >= 0.6 is 0 Å². The molecule has 0 radical (unpaired) electrons. The molecule has 2 N–H and O–H groups in total. The SMILES string of the molecule is Cc1cccc(-c2[nH]ncc2CN(CCCCO)C2CC2)c1. The van der Waals surface area contributed by atoms with Crippen LogP contribution in [0, 0.1) is 6.92 Å². The monoisotopic (exact) mass is 299 g/mol. The molecule has 1 saturated carbocycles. The van der Waals surface area contributed by atoms with Crippen LogP contribution in [0.5, 0.6) is 0 Å². The number of aromatic amines is 1. The van der Waals surface area contributed by atoms with Crippen molar-refractivity contribution in [3.8, 4) is 11.3 Å². The average Bonchev–Trinajstić information content (AvgIpc) is 3.26. The van der Waals surface area contributed by atoms with Gasteiger partial charge in [-0.2, -0.15) is 5.10 Å². The molecule has 1 aromatic carbocycles. The van der Waals surface area contributed by atoms with Crippen molar-refractivity contribution in [3.63, 3.8) is 0 Å². The van der Waals surface area contributed by atoms with E-state index >= 15 is 0 Å². The minimum Gasteiger partial charge on any atom is -0.396 e. The highest BCUT2D eigenvalue weighted by Crippen LogP contribution is 2.30. The van der Waals surface area contributed by atoms with Crippen LogP contribution in [0.3, 0.4) is 0 Å². The fraction of sp³-hybridized carbons (Fsp3) is 0.500. The van der Waals surface area contributed by atoms with Crippen LogP contribution in [0.25, 0.3) is 11.3 Å². The van der Waals surface area contributed by atoms with Gasteiger partial charge in [-0.3, -0.25) is 10.00 Å². The van der Waals surface area contributed by atoms with E-state index in [1.807, 2.05) is 6.20 Å². The lowest BCUT2D eigenvalue weighted by Crippen LogP contribution is -2.27. The lowest BCUT2D eigenvalue weighted by atomic mass is 10.1. The molecule has 1 aromatic heterocycles. The van der Waals surface area contributed by atoms with Crippen molar-refractivity contribution in [2.24, 2.45) is 0 Å². The Morgan fingerprint density at radius 1 is 1.32 bits per heavy atom. The summed E-state index contributed by atoms with van der Waals surface area (Å²) in [5.74, 6) is 0. The summed E-state index contributed by atoms with van der Waals surface area (Å²) in [6.07, 6.45) is 6.51. The van der Waals surface area contributed by atoms with Gasteiger partial charge in [-0.05, 0) is 45.2 Å². The molecule has 118 valence electrons. The topological polar surface area (TPSA) is 52.2 Å². The molecule has 0 saturated heterocycles. The molecule has 0 unspecified atom stereocenters. The summed E-state index contributed by atoms with van der Waals surface area (Å²) in [5, 5.41) is 16.4. The van der Waals surface area contributed by atoms with Gasteiger partial charge in [0.15, 0.2) is 0 Å². The number of aliphatic hydroxyl groups excluding tert-OH is 1. The summed E-state index contributed by atoms with van der Waals surface area (Å²) in [6, 6.07) is 9.26. The summed E-state index contributed by atoms with van der Waals surface area (Å²) in [4.78, 5) is 2.54. The van der Waals surface area contributed by atoms with E-state index in [2.05, 4.69) is 46.3 Å². The van der Waals surface area contributed by atoms with Crippen LogP contribution in [0.15, 0.2) is 30.5 Å². The highest BCUT2D eigenvalue weighted by atomic mass is 16.2. The Kier molecular flexibility index (Phi) is 4.90. The summed E-state index contributed by atoms with van der Waals surface area (Å²) < 4.78 is 0. The molecule has 1 fully saturated rings. The lowest BCUT2D eigenvalue weighted by molar-refractivity contribution is 0.229. The highest BCUT2D eigenvalue weighted by Gasteiger charge is 2.29. The molecule has 1 aliphatic rings. The number of aromatic nitrogens is 2. The third kappa shape index (κ3) is 3.76. The normalized spacial score (nSPS) is 14.7. The van der Waals surface area contributed by atoms with Crippen LogP contribution in [-0.2, 0) is 6.54 Å². The van der Waals surface area contributed by atoms with E-state index in [4.69, 9.17) is 5.11 Å². The van der Waals surface area contributed by atoms with Crippen LogP contribution in [0.1, 0.15) is 36.8 Å². The standard InChI is InChI=1S/C18H25N3O/c1-14-5-4-6-15(11-14)18-16(12-19-20-18)13-21(17-7-8-17)9-2-3-10-22/h4-6,11-12,17,22H,2-3,7-10,13H2,1H3,(H,19,20). The Hall–Kier alpha value is -1.65. The van der Waals surface area contributed by atoms with Gasteiger partial charge >= 0.3 is 0 Å². The second-order valence-corrected chi connectivity index (χ2v) is 6.27. The van der Waals surface area contributed by atoms with Crippen molar-refractivity contribution < 1.29 is 5.11 Å². The first-order valence-electron chi connectivity index (χ1n) is 8.22. The molecular formula is C18H25N3O. The summed E-state index contributed by atoms with van der Waals surface area (Å²) >= 11 is 0. The van der Waals surface area contributed by atoms with Crippen molar-refractivity contribution in [3.05, 3.63) is 41.6 Å². The van der Waals surface area contributed by atoms with E-state index in [1.165, 1.54) is 29.5 Å². The Bertz CT molecular complexity index is 604. The molecule has 4 nitrogen and oxygen atoms in total. The first kappa shape index (κ1) is 15.3. The van der Waals surface area contributed by atoms with Gasteiger partial charge in [-0.1, -0.05) is 23.8 Å². The predicted octanol–water partition coefficient (Wildman–Crippen LogP) is 3.12. The van der Waals surface area contributed by atoms with Crippen molar-refractivity contribution in [1.82, 2.24) is 15.1 Å². The fourth-order valence-corrected chi connectivity index (χ4v) is 2.96. The van der Waals surface area contributed by atoms with Crippen molar-refractivity contribution >= 4 is 0 Å².